The van der Waals surface area contributed by atoms with E-state index in [0.29, 0.717) is 20.0 Å². The molecule has 1 aromatic heterocycles. The Morgan fingerprint density at radius 3 is 2.79 bits per heavy atom. The molecule has 1 aromatic carbocycles. The second kappa shape index (κ2) is 10.2. The molecule has 0 unspecified atom stereocenters. The van der Waals surface area contributed by atoms with Crippen LogP contribution < -0.4 is 20.1 Å². The van der Waals surface area contributed by atoms with Crippen LogP contribution in [0.15, 0.2) is 46.0 Å². The summed E-state index contributed by atoms with van der Waals surface area (Å²) in [4.78, 5) is 4.32. The highest BCUT2D eigenvalue weighted by Crippen LogP contribution is 2.49. The first-order valence-electron chi connectivity index (χ1n) is 9.74. The Balaban J connectivity index is 0.00000240. The first-order chi connectivity index (χ1) is 13.8. The third-order valence-corrected chi connectivity index (χ3v) is 5.24. The Labute approximate surface area is 188 Å². The second-order valence-corrected chi connectivity index (χ2v) is 7.19. The molecule has 2 aromatic rings. The molecule has 0 spiro atoms. The Kier molecular flexibility index (Phi) is 7.65. The average Bonchev–Trinajstić information content (AvgIpc) is 3.11. The normalized spacial score (nSPS) is 16.2. The van der Waals surface area contributed by atoms with Gasteiger partial charge in [-0.15, -0.1) is 24.0 Å². The van der Waals surface area contributed by atoms with Crippen molar-refractivity contribution in [3.63, 3.8) is 0 Å². The van der Waals surface area contributed by atoms with Crippen molar-refractivity contribution in [3.05, 3.63) is 47.9 Å². The summed E-state index contributed by atoms with van der Waals surface area (Å²) in [5.41, 5.74) is 1.45. The van der Waals surface area contributed by atoms with E-state index in [1.54, 1.807) is 13.3 Å². The molecule has 0 radical (unpaired) electrons. The highest BCUT2D eigenvalue weighted by Gasteiger charge is 2.44. The lowest BCUT2D eigenvalue weighted by Crippen LogP contribution is -2.41. The van der Waals surface area contributed by atoms with E-state index in [2.05, 4.69) is 27.8 Å². The van der Waals surface area contributed by atoms with Gasteiger partial charge in [-0.25, -0.2) is 0 Å². The number of ether oxygens (including phenoxy) is 3. The van der Waals surface area contributed by atoms with E-state index in [1.807, 2.05) is 18.2 Å². The van der Waals surface area contributed by atoms with Crippen LogP contribution in [-0.2, 0) is 16.8 Å². The quantitative estimate of drug-likeness (QED) is 0.232. The molecule has 2 N–H and O–H groups in total. The topological polar surface area (TPSA) is 77.3 Å². The summed E-state index contributed by atoms with van der Waals surface area (Å²) in [6.07, 6.45) is 4.88. The Bertz CT molecular complexity index is 806. The molecular formula is C21H28IN3O4. The van der Waals surface area contributed by atoms with Crippen molar-refractivity contribution < 1.29 is 18.6 Å². The van der Waals surface area contributed by atoms with Crippen LogP contribution in [0.1, 0.15) is 30.6 Å². The monoisotopic (exact) mass is 513 g/mol. The summed E-state index contributed by atoms with van der Waals surface area (Å²) in [6.45, 7) is 3.14. The maximum absolute atomic E-state index is 5.60. The van der Waals surface area contributed by atoms with Crippen molar-refractivity contribution in [2.45, 2.75) is 31.3 Å². The predicted octanol–water partition coefficient (Wildman–Crippen LogP) is 3.43. The largest absolute Gasteiger partial charge is 0.467 e. The van der Waals surface area contributed by atoms with Crippen LogP contribution in [0.4, 0.5) is 0 Å². The average molecular weight is 513 g/mol. The first kappa shape index (κ1) is 21.8. The Hall–Kier alpha value is -1.94. The maximum atomic E-state index is 5.60. The maximum Gasteiger partial charge on any atom is 0.231 e. The summed E-state index contributed by atoms with van der Waals surface area (Å²) in [6, 6.07) is 10.1. The van der Waals surface area contributed by atoms with Gasteiger partial charge in [0.25, 0.3) is 0 Å². The van der Waals surface area contributed by atoms with Crippen LogP contribution in [0.2, 0.25) is 0 Å². The van der Waals surface area contributed by atoms with E-state index < -0.39 is 0 Å². The molecule has 1 saturated carbocycles. The number of nitrogens with one attached hydrogen (secondary N) is 2. The van der Waals surface area contributed by atoms with E-state index in [-0.39, 0.29) is 29.4 Å². The Morgan fingerprint density at radius 2 is 2.03 bits per heavy atom. The third kappa shape index (κ3) is 5.57. The van der Waals surface area contributed by atoms with Crippen molar-refractivity contribution in [2.75, 3.05) is 33.5 Å². The van der Waals surface area contributed by atoms with E-state index in [0.717, 1.165) is 55.6 Å². The lowest BCUT2D eigenvalue weighted by atomic mass is 9.95. The van der Waals surface area contributed by atoms with Crippen LogP contribution in [0.5, 0.6) is 11.5 Å². The van der Waals surface area contributed by atoms with Gasteiger partial charge in [0.1, 0.15) is 12.4 Å². The van der Waals surface area contributed by atoms with E-state index in [9.17, 15) is 0 Å². The smallest absolute Gasteiger partial charge is 0.231 e. The van der Waals surface area contributed by atoms with E-state index in [4.69, 9.17) is 18.6 Å². The SMILES string of the molecule is CN=C(NCCCOCc1ccco1)NCC1(c2ccc3c(c2)OCO3)CC1.I. The van der Waals surface area contributed by atoms with Gasteiger partial charge in [-0.05, 0) is 49.1 Å². The molecule has 8 heteroatoms. The van der Waals surface area contributed by atoms with Crippen molar-refractivity contribution in [3.8, 4) is 11.5 Å². The number of benzene rings is 1. The molecular weight excluding hydrogens is 485 g/mol. The van der Waals surface area contributed by atoms with Gasteiger partial charge in [-0.2, -0.15) is 0 Å². The minimum atomic E-state index is 0. The lowest BCUT2D eigenvalue weighted by Gasteiger charge is -2.19. The van der Waals surface area contributed by atoms with Gasteiger partial charge in [-0.3, -0.25) is 4.99 Å². The molecule has 0 amide bonds. The molecule has 0 bridgehead atoms. The predicted molar refractivity (Wildman–Crippen MR) is 121 cm³/mol. The van der Waals surface area contributed by atoms with Gasteiger partial charge in [0.15, 0.2) is 17.5 Å². The fraction of sp³-hybridized carbons (Fsp3) is 0.476. The van der Waals surface area contributed by atoms with Crippen molar-refractivity contribution in [1.29, 1.82) is 0 Å². The molecule has 0 saturated heterocycles. The van der Waals surface area contributed by atoms with Gasteiger partial charge >= 0.3 is 0 Å². The van der Waals surface area contributed by atoms with E-state index >= 15 is 0 Å². The highest BCUT2D eigenvalue weighted by atomic mass is 127. The number of nitrogens with zero attached hydrogens (tertiary/aromatic N) is 1. The molecule has 2 aliphatic rings. The number of furan rings is 1. The highest BCUT2D eigenvalue weighted by molar-refractivity contribution is 14.0. The van der Waals surface area contributed by atoms with Gasteiger partial charge in [-0.1, -0.05) is 6.07 Å². The number of rotatable bonds is 9. The molecule has 1 fully saturated rings. The number of halogens is 1. The molecule has 0 atom stereocenters. The number of guanidine groups is 1. The summed E-state index contributed by atoms with van der Waals surface area (Å²) in [5.74, 6) is 3.35. The zero-order chi connectivity index (χ0) is 19.2. The minimum absolute atomic E-state index is 0. The fourth-order valence-electron chi connectivity index (χ4n) is 3.37. The summed E-state index contributed by atoms with van der Waals surface area (Å²) >= 11 is 0. The number of hydrogen-bond donors (Lipinski definition) is 2. The standard InChI is InChI=1S/C21H27N3O4.HI/c1-22-20(23-9-3-10-25-13-17-4-2-11-26-17)24-14-21(7-8-21)16-5-6-18-19(12-16)28-15-27-18;/h2,4-6,11-12H,3,7-10,13-15H2,1H3,(H2,22,23,24);1H. The summed E-state index contributed by atoms with van der Waals surface area (Å²) < 4.78 is 21.8. The van der Waals surface area contributed by atoms with Crippen molar-refractivity contribution in [1.82, 2.24) is 10.6 Å². The first-order valence-corrected chi connectivity index (χ1v) is 9.74. The van der Waals surface area contributed by atoms with Crippen molar-refractivity contribution in [2.24, 2.45) is 4.99 Å². The number of hydrogen-bond acceptors (Lipinski definition) is 5. The summed E-state index contributed by atoms with van der Waals surface area (Å²) in [7, 11) is 1.79. The van der Waals surface area contributed by atoms with Crippen LogP contribution in [0, 0.1) is 0 Å². The van der Waals surface area contributed by atoms with Crippen LogP contribution in [-0.4, -0.2) is 39.5 Å². The van der Waals surface area contributed by atoms with Crippen LogP contribution >= 0.6 is 24.0 Å². The molecule has 29 heavy (non-hydrogen) atoms. The van der Waals surface area contributed by atoms with E-state index in [1.165, 1.54) is 5.56 Å². The zero-order valence-corrected chi connectivity index (χ0v) is 18.9. The number of aliphatic imine (C=N–C) groups is 1. The third-order valence-electron chi connectivity index (χ3n) is 5.24. The number of fused-ring (bicyclic) bond motifs is 1. The zero-order valence-electron chi connectivity index (χ0n) is 16.6. The second-order valence-electron chi connectivity index (χ2n) is 7.19. The molecule has 7 nitrogen and oxygen atoms in total. The van der Waals surface area contributed by atoms with Gasteiger partial charge in [0, 0.05) is 32.2 Å². The van der Waals surface area contributed by atoms with Crippen molar-refractivity contribution >= 4 is 29.9 Å². The molecule has 1 aliphatic heterocycles. The fourth-order valence-corrected chi connectivity index (χ4v) is 3.37. The minimum Gasteiger partial charge on any atom is -0.467 e. The lowest BCUT2D eigenvalue weighted by molar-refractivity contribution is 0.105. The van der Waals surface area contributed by atoms with Gasteiger partial charge < -0.3 is 29.3 Å². The molecule has 158 valence electrons. The van der Waals surface area contributed by atoms with Gasteiger partial charge in [0.2, 0.25) is 6.79 Å². The Morgan fingerprint density at radius 1 is 1.17 bits per heavy atom. The van der Waals surface area contributed by atoms with Gasteiger partial charge in [0.05, 0.1) is 6.26 Å². The molecule has 2 heterocycles. The molecule has 1 aliphatic carbocycles. The van der Waals surface area contributed by atoms with Crippen LogP contribution in [0.25, 0.3) is 0 Å². The summed E-state index contributed by atoms with van der Waals surface area (Å²) in [5, 5.41) is 6.81. The van der Waals surface area contributed by atoms with Crippen LogP contribution in [0.3, 0.4) is 0 Å². The molecule has 4 rings (SSSR count).